The average molecular weight is 283 g/mol. The van der Waals surface area contributed by atoms with E-state index in [9.17, 15) is 8.76 Å². The van der Waals surface area contributed by atoms with Crippen LogP contribution in [0, 0.1) is 0 Å². The fraction of sp³-hybridized carbons (Fsp3) is 0.600. The van der Waals surface area contributed by atoms with Crippen LogP contribution in [0.15, 0.2) is 24.3 Å². The van der Waals surface area contributed by atoms with Gasteiger partial charge in [-0.1, -0.05) is 57.6 Å². The lowest BCUT2D eigenvalue weighted by atomic mass is 10.0. The predicted octanol–water partition coefficient (Wildman–Crippen LogP) is 4.15. The summed E-state index contributed by atoms with van der Waals surface area (Å²) in [6.07, 6.45) is 10.2. The third kappa shape index (κ3) is 8.01. The molecule has 1 aromatic rings. The van der Waals surface area contributed by atoms with Gasteiger partial charge >= 0.3 is 0 Å². The highest BCUT2D eigenvalue weighted by molar-refractivity contribution is 7.74. The van der Waals surface area contributed by atoms with Crippen molar-refractivity contribution >= 4 is 11.4 Å². The summed E-state index contributed by atoms with van der Waals surface area (Å²) in [5, 5.41) is 0. The summed E-state index contributed by atoms with van der Waals surface area (Å²) in [6.45, 7) is 2.23. The van der Waals surface area contributed by atoms with Gasteiger partial charge in [0, 0.05) is 0 Å². The highest BCUT2D eigenvalue weighted by atomic mass is 32.2. The van der Waals surface area contributed by atoms with Crippen LogP contribution in [0.1, 0.15) is 57.4 Å². The number of rotatable bonds is 10. The summed E-state index contributed by atoms with van der Waals surface area (Å²) in [5.74, 6) is 0.372. The quantitative estimate of drug-likeness (QED) is 0.478. The van der Waals surface area contributed by atoms with Crippen LogP contribution in [0.2, 0.25) is 0 Å². The Balaban J connectivity index is 2.14. The van der Waals surface area contributed by atoms with Crippen molar-refractivity contribution in [2.24, 2.45) is 0 Å². The van der Waals surface area contributed by atoms with Gasteiger partial charge in [0.2, 0.25) is 0 Å². The van der Waals surface area contributed by atoms with Crippen LogP contribution in [0.3, 0.4) is 0 Å². The Labute approximate surface area is 118 Å². The van der Waals surface area contributed by atoms with E-state index in [1.165, 1.54) is 50.5 Å². The van der Waals surface area contributed by atoms with Crippen LogP contribution in [0.5, 0.6) is 5.75 Å². The minimum atomic E-state index is -2.48. The Morgan fingerprint density at radius 3 is 2.16 bits per heavy atom. The van der Waals surface area contributed by atoms with Gasteiger partial charge in [-0.05, 0) is 30.5 Å². The normalized spacial score (nSPS) is 12.3. The number of hydrogen-bond donors (Lipinski definition) is 0. The molecule has 0 saturated carbocycles. The zero-order valence-electron chi connectivity index (χ0n) is 11.6. The molecule has 1 aromatic carbocycles. The van der Waals surface area contributed by atoms with Crippen molar-refractivity contribution in [2.45, 2.75) is 58.3 Å². The van der Waals surface area contributed by atoms with E-state index in [0.29, 0.717) is 5.75 Å². The molecule has 19 heavy (non-hydrogen) atoms. The van der Waals surface area contributed by atoms with Crippen molar-refractivity contribution in [3.05, 3.63) is 29.8 Å². The summed E-state index contributed by atoms with van der Waals surface area (Å²) >= 11 is -2.48. The maximum absolute atomic E-state index is 10.4. The Bertz CT molecular complexity index is 362. The SMILES string of the molecule is CCCCCCCCCc1ccc(OS(=O)[O-])cc1. The number of hydrogen-bond acceptors (Lipinski definition) is 3. The summed E-state index contributed by atoms with van der Waals surface area (Å²) in [6, 6.07) is 7.26. The number of aryl methyl sites for hydroxylation is 1. The monoisotopic (exact) mass is 283 g/mol. The molecule has 0 N–H and O–H groups in total. The van der Waals surface area contributed by atoms with Gasteiger partial charge in [0.1, 0.15) is 17.1 Å². The highest BCUT2D eigenvalue weighted by Crippen LogP contribution is 2.15. The minimum Gasteiger partial charge on any atom is -0.740 e. The van der Waals surface area contributed by atoms with E-state index in [-0.39, 0.29) is 0 Å². The Morgan fingerprint density at radius 2 is 1.58 bits per heavy atom. The Hall–Kier alpha value is -0.870. The molecular formula is C15H23O3S-. The van der Waals surface area contributed by atoms with E-state index in [0.717, 1.165) is 6.42 Å². The molecule has 3 nitrogen and oxygen atoms in total. The van der Waals surface area contributed by atoms with Crippen LogP contribution in [0.4, 0.5) is 0 Å². The highest BCUT2D eigenvalue weighted by Gasteiger charge is 1.97. The fourth-order valence-corrected chi connectivity index (χ4v) is 2.34. The molecule has 1 rings (SSSR count). The summed E-state index contributed by atoms with van der Waals surface area (Å²) in [4.78, 5) is 0. The van der Waals surface area contributed by atoms with Crippen molar-refractivity contribution < 1.29 is 12.9 Å². The number of benzene rings is 1. The van der Waals surface area contributed by atoms with Crippen LogP contribution in [0.25, 0.3) is 0 Å². The molecule has 0 heterocycles. The van der Waals surface area contributed by atoms with Crippen LogP contribution < -0.4 is 4.18 Å². The Morgan fingerprint density at radius 1 is 1.00 bits per heavy atom. The van der Waals surface area contributed by atoms with Crippen molar-refractivity contribution in [2.75, 3.05) is 0 Å². The maximum Gasteiger partial charge on any atom is 0.139 e. The van der Waals surface area contributed by atoms with Crippen molar-refractivity contribution in [3.8, 4) is 5.75 Å². The van der Waals surface area contributed by atoms with Crippen LogP contribution in [-0.2, 0) is 17.8 Å². The van der Waals surface area contributed by atoms with Crippen molar-refractivity contribution in [3.63, 3.8) is 0 Å². The molecule has 0 aliphatic heterocycles. The van der Waals surface area contributed by atoms with E-state index in [1.54, 1.807) is 12.1 Å². The summed E-state index contributed by atoms with van der Waals surface area (Å²) in [5.41, 5.74) is 1.23. The molecule has 1 atom stereocenters. The van der Waals surface area contributed by atoms with Gasteiger partial charge in [0.15, 0.2) is 0 Å². The van der Waals surface area contributed by atoms with Gasteiger partial charge in [-0.15, -0.1) is 0 Å². The molecule has 4 heteroatoms. The third-order valence-corrected chi connectivity index (χ3v) is 3.49. The lowest BCUT2D eigenvalue weighted by Gasteiger charge is -2.07. The molecule has 0 aliphatic rings. The zero-order chi connectivity index (χ0) is 13.9. The first-order valence-corrected chi connectivity index (χ1v) is 8.09. The average Bonchev–Trinajstić information content (AvgIpc) is 2.39. The van der Waals surface area contributed by atoms with E-state index >= 15 is 0 Å². The van der Waals surface area contributed by atoms with Crippen LogP contribution in [-0.4, -0.2) is 8.76 Å². The molecule has 108 valence electrons. The molecule has 0 spiro atoms. The number of unbranched alkanes of at least 4 members (excludes halogenated alkanes) is 6. The topological polar surface area (TPSA) is 49.4 Å². The zero-order valence-corrected chi connectivity index (χ0v) is 12.4. The summed E-state index contributed by atoms with van der Waals surface area (Å²) < 4.78 is 25.3. The molecule has 0 bridgehead atoms. The van der Waals surface area contributed by atoms with E-state index in [2.05, 4.69) is 11.1 Å². The van der Waals surface area contributed by atoms with Gasteiger partial charge in [0.25, 0.3) is 0 Å². The Kier molecular flexibility index (Phi) is 8.50. The van der Waals surface area contributed by atoms with E-state index in [1.807, 2.05) is 12.1 Å². The molecule has 0 aliphatic carbocycles. The van der Waals surface area contributed by atoms with Gasteiger partial charge in [-0.25, -0.2) is 4.21 Å². The van der Waals surface area contributed by atoms with Crippen LogP contribution >= 0.6 is 0 Å². The molecule has 1 unspecified atom stereocenters. The molecule has 0 radical (unpaired) electrons. The second-order valence-corrected chi connectivity index (χ2v) is 5.38. The first-order valence-electron chi connectivity index (χ1n) is 7.09. The molecule has 0 fully saturated rings. The van der Waals surface area contributed by atoms with Gasteiger partial charge in [-0.2, -0.15) is 0 Å². The molecular weight excluding hydrogens is 260 g/mol. The van der Waals surface area contributed by atoms with Gasteiger partial charge in [-0.3, -0.25) is 0 Å². The smallest absolute Gasteiger partial charge is 0.139 e. The molecule has 0 aromatic heterocycles. The lowest BCUT2D eigenvalue weighted by Crippen LogP contribution is -1.97. The van der Waals surface area contributed by atoms with Gasteiger partial charge < -0.3 is 8.74 Å². The minimum absolute atomic E-state index is 0.372. The predicted molar refractivity (Wildman–Crippen MR) is 77.7 cm³/mol. The van der Waals surface area contributed by atoms with E-state index < -0.39 is 11.4 Å². The molecule has 0 saturated heterocycles. The third-order valence-electron chi connectivity index (χ3n) is 3.16. The first kappa shape index (κ1) is 16.2. The second kappa shape index (κ2) is 9.98. The first-order chi connectivity index (χ1) is 9.22. The van der Waals surface area contributed by atoms with Crippen molar-refractivity contribution in [1.82, 2.24) is 0 Å². The second-order valence-electron chi connectivity index (χ2n) is 4.80. The molecule has 0 amide bonds. The fourth-order valence-electron chi connectivity index (χ4n) is 2.08. The standard InChI is InChI=1S/C15H24O3S/c1-2-3-4-5-6-7-8-9-14-10-12-15(13-11-14)18-19(16)17/h10-13H,2-9H2,1H3,(H,16,17)/p-1. The van der Waals surface area contributed by atoms with Gasteiger partial charge in [0.05, 0.1) is 0 Å². The largest absolute Gasteiger partial charge is 0.740 e. The lowest BCUT2D eigenvalue weighted by molar-refractivity contribution is 0.440. The van der Waals surface area contributed by atoms with Crippen molar-refractivity contribution in [1.29, 1.82) is 0 Å². The van der Waals surface area contributed by atoms with E-state index in [4.69, 9.17) is 0 Å². The maximum atomic E-state index is 10.4. The summed E-state index contributed by atoms with van der Waals surface area (Å²) in [7, 11) is 0.